The first-order valence-corrected chi connectivity index (χ1v) is 8.74. The molecule has 2 aromatic rings. The van der Waals surface area contributed by atoms with Crippen molar-refractivity contribution in [2.75, 3.05) is 5.32 Å². The highest BCUT2D eigenvalue weighted by Gasteiger charge is 2.31. The Morgan fingerprint density at radius 3 is 2.54 bits per heavy atom. The van der Waals surface area contributed by atoms with E-state index in [1.807, 2.05) is 32.0 Å². The molecule has 0 fully saturated rings. The maximum Gasteiger partial charge on any atom is 0.417 e. The van der Waals surface area contributed by atoms with Gasteiger partial charge >= 0.3 is 6.18 Å². The summed E-state index contributed by atoms with van der Waals surface area (Å²) in [4.78, 5) is 23.6. The molecule has 0 aliphatic heterocycles. The minimum atomic E-state index is -4.61. The Labute approximate surface area is 164 Å². The van der Waals surface area contributed by atoms with Gasteiger partial charge in [-0.25, -0.2) is 0 Å². The Bertz CT molecular complexity index is 941. The molecule has 3 N–H and O–H groups in total. The number of nitrogens with one attached hydrogen (secondary N) is 3. The number of para-hydroxylation sites is 1. The van der Waals surface area contributed by atoms with Crippen LogP contribution in [0.1, 0.15) is 23.6 Å². The zero-order valence-electron chi connectivity index (χ0n) is 15.2. The number of rotatable bonds is 4. The number of halogens is 3. The van der Waals surface area contributed by atoms with Gasteiger partial charge in [0.25, 0.3) is 11.5 Å². The van der Waals surface area contributed by atoms with Crippen LogP contribution in [-0.2, 0) is 23.9 Å². The van der Waals surface area contributed by atoms with E-state index in [0.29, 0.717) is 16.8 Å². The minimum absolute atomic E-state index is 0.105. The highest BCUT2D eigenvalue weighted by atomic mass is 32.1. The van der Waals surface area contributed by atoms with Gasteiger partial charge in [0.1, 0.15) is 6.54 Å². The van der Waals surface area contributed by atoms with Crippen molar-refractivity contribution in [3.63, 3.8) is 0 Å². The SMILES string of the molecule is CCc1cccc(C)c1NC(=S)NNC(=O)Cn1cc(C(F)(F)F)ccc1=O. The lowest BCUT2D eigenvalue weighted by atomic mass is 10.1. The van der Waals surface area contributed by atoms with Crippen molar-refractivity contribution >= 4 is 28.9 Å². The van der Waals surface area contributed by atoms with E-state index < -0.39 is 29.8 Å². The number of carbonyl (C=O) groups excluding carboxylic acids is 1. The topological polar surface area (TPSA) is 75.2 Å². The second kappa shape index (κ2) is 8.87. The van der Waals surface area contributed by atoms with Crippen LogP contribution in [-0.4, -0.2) is 15.6 Å². The quantitative estimate of drug-likeness (QED) is 0.532. The van der Waals surface area contributed by atoms with Crippen LogP contribution in [0.5, 0.6) is 0 Å². The van der Waals surface area contributed by atoms with Crippen molar-refractivity contribution in [2.45, 2.75) is 33.0 Å². The Morgan fingerprint density at radius 2 is 1.89 bits per heavy atom. The van der Waals surface area contributed by atoms with E-state index >= 15 is 0 Å². The van der Waals surface area contributed by atoms with E-state index in [9.17, 15) is 22.8 Å². The first kappa shape index (κ1) is 21.4. The third kappa shape index (κ3) is 5.56. The second-order valence-electron chi connectivity index (χ2n) is 5.97. The Morgan fingerprint density at radius 1 is 1.18 bits per heavy atom. The second-order valence-corrected chi connectivity index (χ2v) is 6.38. The number of anilines is 1. The summed E-state index contributed by atoms with van der Waals surface area (Å²) >= 11 is 5.13. The van der Waals surface area contributed by atoms with Crippen LogP contribution in [0.2, 0.25) is 0 Å². The van der Waals surface area contributed by atoms with Crippen LogP contribution in [0.4, 0.5) is 18.9 Å². The van der Waals surface area contributed by atoms with Gasteiger partial charge in [-0.1, -0.05) is 25.1 Å². The summed E-state index contributed by atoms with van der Waals surface area (Å²) in [5.74, 6) is -0.730. The zero-order chi connectivity index (χ0) is 20.9. The van der Waals surface area contributed by atoms with Gasteiger partial charge in [0.2, 0.25) is 0 Å². The van der Waals surface area contributed by atoms with Gasteiger partial charge in [-0.05, 0) is 42.8 Å². The van der Waals surface area contributed by atoms with Crippen LogP contribution in [0.25, 0.3) is 0 Å². The van der Waals surface area contributed by atoms with Crippen molar-refractivity contribution < 1.29 is 18.0 Å². The highest BCUT2D eigenvalue weighted by Crippen LogP contribution is 2.28. The molecule has 0 aliphatic rings. The predicted octanol–water partition coefficient (Wildman–Crippen LogP) is 2.76. The van der Waals surface area contributed by atoms with Gasteiger partial charge < -0.3 is 9.88 Å². The predicted molar refractivity (Wildman–Crippen MR) is 104 cm³/mol. The van der Waals surface area contributed by atoms with Crippen molar-refractivity contribution in [1.82, 2.24) is 15.4 Å². The molecule has 0 atom stereocenters. The van der Waals surface area contributed by atoms with E-state index in [4.69, 9.17) is 12.2 Å². The maximum atomic E-state index is 12.7. The first-order chi connectivity index (χ1) is 13.1. The number of aromatic nitrogens is 1. The van der Waals surface area contributed by atoms with E-state index in [-0.39, 0.29) is 5.11 Å². The summed E-state index contributed by atoms with van der Waals surface area (Å²) < 4.78 is 38.9. The molecule has 1 amide bonds. The number of alkyl halides is 3. The number of carbonyl (C=O) groups is 1. The molecule has 1 aromatic heterocycles. The van der Waals surface area contributed by atoms with Crippen molar-refractivity contribution in [2.24, 2.45) is 0 Å². The molecular weight excluding hydrogens is 393 g/mol. The molecule has 0 radical (unpaired) electrons. The molecule has 0 saturated heterocycles. The lowest BCUT2D eigenvalue weighted by Gasteiger charge is -2.16. The van der Waals surface area contributed by atoms with Crippen LogP contribution in [0.15, 0.2) is 41.3 Å². The average Bonchev–Trinajstić information content (AvgIpc) is 2.62. The number of aryl methyl sites for hydroxylation is 2. The number of thiocarbonyl (C=S) groups is 1. The van der Waals surface area contributed by atoms with Crippen LogP contribution in [0, 0.1) is 6.92 Å². The van der Waals surface area contributed by atoms with Crippen molar-refractivity contribution in [1.29, 1.82) is 0 Å². The summed E-state index contributed by atoms with van der Waals surface area (Å²) in [6.07, 6.45) is -3.24. The third-order valence-corrected chi connectivity index (χ3v) is 4.12. The number of pyridine rings is 1. The van der Waals surface area contributed by atoms with Gasteiger partial charge in [0.05, 0.1) is 5.56 Å². The van der Waals surface area contributed by atoms with Crippen LogP contribution >= 0.6 is 12.2 Å². The van der Waals surface area contributed by atoms with Gasteiger partial charge in [0, 0.05) is 18.0 Å². The molecule has 6 nitrogen and oxygen atoms in total. The van der Waals surface area contributed by atoms with Crippen LogP contribution in [0.3, 0.4) is 0 Å². The van der Waals surface area contributed by atoms with Gasteiger partial charge in [-0.3, -0.25) is 20.4 Å². The summed E-state index contributed by atoms with van der Waals surface area (Å²) in [5, 5.41) is 3.08. The molecule has 0 bridgehead atoms. The summed E-state index contributed by atoms with van der Waals surface area (Å²) in [6.45, 7) is 3.30. The fourth-order valence-corrected chi connectivity index (χ4v) is 2.64. The molecule has 0 unspecified atom stereocenters. The maximum absolute atomic E-state index is 12.7. The molecule has 1 heterocycles. The van der Waals surface area contributed by atoms with Crippen LogP contribution < -0.4 is 21.7 Å². The number of amides is 1. The van der Waals surface area contributed by atoms with E-state index in [1.54, 1.807) is 0 Å². The summed E-state index contributed by atoms with van der Waals surface area (Å²) in [6, 6.07) is 7.20. The number of hydrazine groups is 1. The number of hydrogen-bond acceptors (Lipinski definition) is 3. The molecule has 1 aromatic carbocycles. The lowest BCUT2D eigenvalue weighted by molar-refractivity contribution is -0.138. The molecule has 0 saturated carbocycles. The van der Waals surface area contributed by atoms with Crippen molar-refractivity contribution in [3.8, 4) is 0 Å². The van der Waals surface area contributed by atoms with E-state index in [0.717, 1.165) is 29.3 Å². The molecule has 10 heteroatoms. The standard InChI is InChI=1S/C18H19F3N4O2S/c1-3-12-6-4-5-11(2)16(12)22-17(28)24-23-14(26)10-25-9-13(18(19,20)21)7-8-15(25)27/h4-9H,3,10H2,1-2H3,(H,23,26)(H2,22,24,28). The summed E-state index contributed by atoms with van der Waals surface area (Å²) in [5.41, 5.74) is 5.80. The molecule has 0 aliphatic carbocycles. The summed E-state index contributed by atoms with van der Waals surface area (Å²) in [7, 11) is 0. The largest absolute Gasteiger partial charge is 0.417 e. The molecular formula is C18H19F3N4O2S. The monoisotopic (exact) mass is 412 g/mol. The number of nitrogens with zero attached hydrogens (tertiary/aromatic N) is 1. The zero-order valence-corrected chi connectivity index (χ0v) is 16.0. The highest BCUT2D eigenvalue weighted by molar-refractivity contribution is 7.80. The third-order valence-electron chi connectivity index (χ3n) is 3.92. The molecule has 150 valence electrons. The molecule has 2 rings (SSSR count). The molecule has 0 spiro atoms. The van der Waals surface area contributed by atoms with E-state index in [2.05, 4.69) is 16.2 Å². The minimum Gasteiger partial charge on any atom is -0.331 e. The fourth-order valence-electron chi connectivity index (χ4n) is 2.49. The van der Waals surface area contributed by atoms with Gasteiger partial charge in [0.15, 0.2) is 5.11 Å². The van der Waals surface area contributed by atoms with Gasteiger partial charge in [-0.15, -0.1) is 0 Å². The fraction of sp³-hybridized carbons (Fsp3) is 0.278. The Kier molecular flexibility index (Phi) is 6.79. The average molecular weight is 412 g/mol. The Hall–Kier alpha value is -2.88. The molecule has 28 heavy (non-hydrogen) atoms. The lowest BCUT2D eigenvalue weighted by Crippen LogP contribution is -2.46. The Balaban J connectivity index is 1.98. The van der Waals surface area contributed by atoms with Gasteiger partial charge in [-0.2, -0.15) is 13.2 Å². The van der Waals surface area contributed by atoms with E-state index in [1.165, 1.54) is 0 Å². The number of hydrogen-bond donors (Lipinski definition) is 3. The van der Waals surface area contributed by atoms with Crippen molar-refractivity contribution in [3.05, 3.63) is 63.6 Å². The number of benzene rings is 1. The smallest absolute Gasteiger partial charge is 0.331 e. The first-order valence-electron chi connectivity index (χ1n) is 8.33. The normalized spacial score (nSPS) is 11.0.